The Morgan fingerprint density at radius 3 is 2.50 bits per heavy atom. The third-order valence-electron chi connectivity index (χ3n) is 2.73. The molecule has 0 bridgehead atoms. The van der Waals surface area contributed by atoms with Crippen LogP contribution in [-0.4, -0.2) is 34.8 Å². The molecule has 0 saturated carbocycles. The van der Waals surface area contributed by atoms with Gasteiger partial charge in [0.1, 0.15) is 11.6 Å². The highest BCUT2D eigenvalue weighted by Gasteiger charge is 2.45. The smallest absolute Gasteiger partial charge is 0.249 e. The zero-order valence-corrected chi connectivity index (χ0v) is 10.2. The van der Waals surface area contributed by atoms with Crippen LogP contribution in [-0.2, 0) is 9.59 Å². The first-order chi connectivity index (χ1) is 7.31. The summed E-state index contributed by atoms with van der Waals surface area (Å²) in [6, 6.07) is -0.462. The lowest BCUT2D eigenvalue weighted by atomic mass is 9.91. The topological polar surface area (TPSA) is 49.4 Å². The van der Waals surface area contributed by atoms with Gasteiger partial charge in [-0.15, -0.1) is 6.42 Å². The maximum Gasteiger partial charge on any atom is 0.249 e. The molecule has 4 nitrogen and oxygen atoms in total. The lowest BCUT2D eigenvalue weighted by Crippen LogP contribution is -2.69. The number of amides is 2. The highest BCUT2D eigenvalue weighted by atomic mass is 16.2. The van der Waals surface area contributed by atoms with E-state index in [2.05, 4.69) is 11.2 Å². The number of nitrogens with one attached hydrogen (secondary N) is 1. The summed E-state index contributed by atoms with van der Waals surface area (Å²) in [5.74, 6) is 2.23. The Balaban J connectivity index is 3.07. The maximum atomic E-state index is 12.1. The number of hydrogen-bond acceptors (Lipinski definition) is 2. The largest absolute Gasteiger partial charge is 0.340 e. The van der Waals surface area contributed by atoms with Crippen molar-refractivity contribution in [2.75, 3.05) is 6.54 Å². The fraction of sp³-hybridized carbons (Fsp3) is 0.667. The second-order valence-electron chi connectivity index (χ2n) is 4.94. The molecule has 0 aromatic heterocycles. The van der Waals surface area contributed by atoms with Crippen molar-refractivity contribution < 1.29 is 9.59 Å². The summed E-state index contributed by atoms with van der Waals surface area (Å²) >= 11 is 0. The molecule has 1 rings (SSSR count). The van der Waals surface area contributed by atoms with Gasteiger partial charge in [-0.3, -0.25) is 9.59 Å². The standard InChI is InChI=1S/C12H18N2O2/c1-6-7-14-9(8(2)3)10(15)13-12(4,5)11(14)16/h1,8-9H,7H2,2-5H3,(H,13,15). The molecule has 1 atom stereocenters. The maximum absolute atomic E-state index is 12.1. The summed E-state index contributed by atoms with van der Waals surface area (Å²) in [5.41, 5.74) is -0.862. The monoisotopic (exact) mass is 222 g/mol. The molecule has 0 aliphatic carbocycles. The average molecular weight is 222 g/mol. The fourth-order valence-corrected chi connectivity index (χ4v) is 1.99. The van der Waals surface area contributed by atoms with E-state index in [9.17, 15) is 9.59 Å². The zero-order valence-electron chi connectivity index (χ0n) is 10.2. The summed E-state index contributed by atoms with van der Waals surface area (Å²) in [7, 11) is 0. The van der Waals surface area contributed by atoms with Crippen LogP contribution >= 0.6 is 0 Å². The van der Waals surface area contributed by atoms with E-state index in [1.165, 1.54) is 4.90 Å². The third-order valence-corrected chi connectivity index (χ3v) is 2.73. The molecule has 1 aliphatic rings. The van der Waals surface area contributed by atoms with Crippen molar-refractivity contribution in [1.29, 1.82) is 0 Å². The third kappa shape index (κ3) is 2.04. The first kappa shape index (κ1) is 12.6. The van der Waals surface area contributed by atoms with Gasteiger partial charge in [-0.05, 0) is 19.8 Å². The molecule has 0 spiro atoms. The molecule has 0 aromatic carbocycles. The van der Waals surface area contributed by atoms with Crippen molar-refractivity contribution in [2.45, 2.75) is 39.3 Å². The Kier molecular flexibility index (Phi) is 3.27. The number of rotatable bonds is 2. The van der Waals surface area contributed by atoms with Crippen LogP contribution in [0.2, 0.25) is 0 Å². The van der Waals surface area contributed by atoms with Crippen LogP contribution in [0.4, 0.5) is 0 Å². The number of nitrogens with zero attached hydrogens (tertiary/aromatic N) is 1. The van der Waals surface area contributed by atoms with Crippen molar-refractivity contribution in [3.05, 3.63) is 0 Å². The quantitative estimate of drug-likeness (QED) is 0.687. The molecule has 1 heterocycles. The molecule has 1 fully saturated rings. The predicted molar refractivity (Wildman–Crippen MR) is 61.4 cm³/mol. The fourth-order valence-electron chi connectivity index (χ4n) is 1.99. The summed E-state index contributed by atoms with van der Waals surface area (Å²) in [5, 5.41) is 2.73. The van der Waals surface area contributed by atoms with E-state index in [0.717, 1.165) is 0 Å². The van der Waals surface area contributed by atoms with Crippen LogP contribution in [0.1, 0.15) is 27.7 Å². The highest BCUT2D eigenvalue weighted by molar-refractivity contribution is 5.99. The van der Waals surface area contributed by atoms with E-state index in [0.29, 0.717) is 0 Å². The number of hydrogen-bond donors (Lipinski definition) is 1. The minimum absolute atomic E-state index is 0.0494. The van der Waals surface area contributed by atoms with Crippen molar-refractivity contribution >= 4 is 11.8 Å². The molecule has 88 valence electrons. The number of carbonyl (C=O) groups excluding carboxylic acids is 2. The van der Waals surface area contributed by atoms with Crippen molar-refractivity contribution in [1.82, 2.24) is 10.2 Å². The molecule has 4 heteroatoms. The van der Waals surface area contributed by atoms with Crippen LogP contribution in [0.25, 0.3) is 0 Å². The highest BCUT2D eigenvalue weighted by Crippen LogP contribution is 2.22. The van der Waals surface area contributed by atoms with Crippen LogP contribution in [0.15, 0.2) is 0 Å². The van der Waals surface area contributed by atoms with Crippen molar-refractivity contribution in [2.24, 2.45) is 5.92 Å². The molecule has 2 amide bonds. The summed E-state index contributed by atoms with van der Waals surface area (Å²) in [6.07, 6.45) is 5.24. The summed E-state index contributed by atoms with van der Waals surface area (Å²) in [6.45, 7) is 7.36. The molecule has 1 unspecified atom stereocenters. The summed E-state index contributed by atoms with van der Waals surface area (Å²) in [4.78, 5) is 25.5. The van der Waals surface area contributed by atoms with Crippen molar-refractivity contribution in [3.63, 3.8) is 0 Å². The molecule has 1 N–H and O–H groups in total. The van der Waals surface area contributed by atoms with Gasteiger partial charge < -0.3 is 10.2 Å². The Bertz CT molecular complexity index is 353. The Labute approximate surface area is 96.4 Å². The molecule has 16 heavy (non-hydrogen) atoms. The molecular weight excluding hydrogens is 204 g/mol. The van der Waals surface area contributed by atoms with Gasteiger partial charge in [-0.1, -0.05) is 19.8 Å². The van der Waals surface area contributed by atoms with Gasteiger partial charge in [0, 0.05) is 0 Å². The first-order valence-corrected chi connectivity index (χ1v) is 5.38. The van der Waals surface area contributed by atoms with Gasteiger partial charge >= 0.3 is 0 Å². The van der Waals surface area contributed by atoms with Gasteiger partial charge in [-0.2, -0.15) is 0 Å². The lowest BCUT2D eigenvalue weighted by Gasteiger charge is -2.43. The first-order valence-electron chi connectivity index (χ1n) is 5.38. The number of piperazine rings is 1. The van der Waals surface area contributed by atoms with Gasteiger partial charge in [-0.25, -0.2) is 0 Å². The minimum atomic E-state index is -0.862. The van der Waals surface area contributed by atoms with E-state index in [1.54, 1.807) is 13.8 Å². The second kappa shape index (κ2) is 4.17. The van der Waals surface area contributed by atoms with E-state index in [1.807, 2.05) is 13.8 Å². The second-order valence-corrected chi connectivity index (χ2v) is 4.94. The number of carbonyl (C=O) groups is 2. The molecule has 0 radical (unpaired) electrons. The van der Waals surface area contributed by atoms with Gasteiger partial charge in [0.2, 0.25) is 11.8 Å². The van der Waals surface area contributed by atoms with Crippen LogP contribution in [0.3, 0.4) is 0 Å². The molecular formula is C12H18N2O2. The molecule has 1 aliphatic heterocycles. The molecule has 1 saturated heterocycles. The van der Waals surface area contributed by atoms with Gasteiger partial charge in [0.25, 0.3) is 0 Å². The summed E-state index contributed by atoms with van der Waals surface area (Å²) < 4.78 is 0. The Morgan fingerprint density at radius 1 is 1.50 bits per heavy atom. The van der Waals surface area contributed by atoms with Gasteiger partial charge in [0.15, 0.2) is 0 Å². The van der Waals surface area contributed by atoms with Crippen LogP contribution in [0, 0.1) is 18.3 Å². The minimum Gasteiger partial charge on any atom is -0.340 e. The predicted octanol–water partition coefficient (Wildman–Crippen LogP) is 0.381. The number of terminal acetylenes is 1. The van der Waals surface area contributed by atoms with Crippen molar-refractivity contribution in [3.8, 4) is 12.3 Å². The van der Waals surface area contributed by atoms with Gasteiger partial charge in [0.05, 0.1) is 6.54 Å². The molecule has 0 aromatic rings. The van der Waals surface area contributed by atoms with E-state index in [-0.39, 0.29) is 24.3 Å². The van der Waals surface area contributed by atoms with E-state index < -0.39 is 11.6 Å². The zero-order chi connectivity index (χ0) is 12.5. The Morgan fingerprint density at radius 2 is 2.06 bits per heavy atom. The van der Waals surface area contributed by atoms with E-state index >= 15 is 0 Å². The lowest BCUT2D eigenvalue weighted by molar-refractivity contribution is -0.154. The SMILES string of the molecule is C#CCN1C(=O)C(C)(C)NC(=O)C1C(C)C. The van der Waals surface area contributed by atoms with Crippen LogP contribution < -0.4 is 5.32 Å². The van der Waals surface area contributed by atoms with Crippen LogP contribution in [0.5, 0.6) is 0 Å². The normalized spacial score (nSPS) is 24.2. The average Bonchev–Trinajstić information content (AvgIpc) is 2.12. The van der Waals surface area contributed by atoms with E-state index in [4.69, 9.17) is 6.42 Å². The Hall–Kier alpha value is -1.50.